The van der Waals surface area contributed by atoms with Crippen molar-refractivity contribution in [2.45, 2.75) is 85.0 Å². The largest absolute Gasteiger partial charge is 0.508 e. The van der Waals surface area contributed by atoms with Crippen molar-refractivity contribution < 1.29 is 10.2 Å². The van der Waals surface area contributed by atoms with Crippen molar-refractivity contribution in [1.82, 2.24) is 0 Å². The summed E-state index contributed by atoms with van der Waals surface area (Å²) in [7, 11) is 0. The zero-order valence-corrected chi connectivity index (χ0v) is 18.7. The molecular formula is C26H37O2. The number of phenolic OH excluding ortho intramolecular Hbond substituents is 2. The maximum atomic E-state index is 9.99. The first-order valence-electron chi connectivity index (χ1n) is 10.4. The fourth-order valence-corrected chi connectivity index (χ4v) is 3.97. The van der Waals surface area contributed by atoms with E-state index in [0.29, 0.717) is 11.5 Å². The Bertz CT molecular complexity index is 726. The van der Waals surface area contributed by atoms with Gasteiger partial charge in [0, 0.05) is 0 Å². The van der Waals surface area contributed by atoms with Crippen molar-refractivity contribution in [2.75, 3.05) is 0 Å². The first kappa shape index (κ1) is 22.3. The molecule has 0 unspecified atom stereocenters. The van der Waals surface area contributed by atoms with E-state index >= 15 is 0 Å². The normalized spacial score (nSPS) is 12.6. The molecule has 0 aromatic heterocycles. The predicted molar refractivity (Wildman–Crippen MR) is 119 cm³/mol. The van der Waals surface area contributed by atoms with Crippen LogP contribution in [0.2, 0.25) is 0 Å². The lowest BCUT2D eigenvalue weighted by molar-refractivity contribution is 0.470. The van der Waals surface area contributed by atoms with Crippen LogP contribution in [-0.4, -0.2) is 10.2 Å². The zero-order valence-electron chi connectivity index (χ0n) is 18.7. The Morgan fingerprint density at radius 3 is 1.43 bits per heavy atom. The van der Waals surface area contributed by atoms with Crippen molar-refractivity contribution in [3.05, 3.63) is 64.6 Å². The van der Waals surface area contributed by atoms with Gasteiger partial charge in [0.15, 0.2) is 0 Å². The summed E-state index contributed by atoms with van der Waals surface area (Å²) >= 11 is 0. The van der Waals surface area contributed by atoms with E-state index in [2.05, 4.69) is 60.6 Å². The molecule has 2 nitrogen and oxygen atoms in total. The fourth-order valence-electron chi connectivity index (χ4n) is 3.97. The number of hydrogen-bond donors (Lipinski definition) is 2. The first-order valence-corrected chi connectivity index (χ1v) is 10.4. The SMILES string of the molecule is CCC[C](Cc1ccc(O)cc1C(C)(C)C)Cc1ccc(O)cc1C(C)(C)C. The molecule has 0 amide bonds. The van der Waals surface area contributed by atoms with Gasteiger partial charge >= 0.3 is 0 Å². The third-order valence-electron chi connectivity index (χ3n) is 5.29. The molecule has 2 N–H and O–H groups in total. The predicted octanol–water partition coefficient (Wildman–Crippen LogP) is 6.85. The molecule has 0 fully saturated rings. The van der Waals surface area contributed by atoms with Crippen molar-refractivity contribution in [3.8, 4) is 11.5 Å². The van der Waals surface area contributed by atoms with E-state index in [0.717, 1.165) is 25.7 Å². The van der Waals surface area contributed by atoms with Gasteiger partial charge in [0.25, 0.3) is 0 Å². The van der Waals surface area contributed by atoms with Crippen LogP contribution >= 0.6 is 0 Å². The van der Waals surface area contributed by atoms with Crippen LogP contribution in [-0.2, 0) is 23.7 Å². The Morgan fingerprint density at radius 2 is 1.11 bits per heavy atom. The lowest BCUT2D eigenvalue weighted by atomic mass is 9.77. The van der Waals surface area contributed by atoms with Crippen LogP contribution in [0.25, 0.3) is 0 Å². The molecule has 0 bridgehead atoms. The molecule has 2 aromatic rings. The van der Waals surface area contributed by atoms with Gasteiger partial charge in [0.05, 0.1) is 0 Å². The maximum absolute atomic E-state index is 9.99. The van der Waals surface area contributed by atoms with E-state index in [1.165, 1.54) is 28.2 Å². The number of hydrogen-bond acceptors (Lipinski definition) is 2. The van der Waals surface area contributed by atoms with Crippen molar-refractivity contribution in [1.29, 1.82) is 0 Å². The molecule has 0 aliphatic rings. The molecule has 1 radical (unpaired) electrons. The highest BCUT2D eigenvalue weighted by Gasteiger charge is 2.24. The minimum Gasteiger partial charge on any atom is -0.508 e. The standard InChI is InChI=1S/C26H37O2/c1-8-9-18(14-19-10-12-21(27)16-23(19)25(2,3)4)15-20-11-13-22(28)17-24(20)26(5,6)7/h10-13,16-17,27-28H,8-9,14-15H2,1-7H3. The molecule has 28 heavy (non-hydrogen) atoms. The van der Waals surface area contributed by atoms with E-state index in [9.17, 15) is 10.2 Å². The first-order chi connectivity index (χ1) is 12.9. The average molecular weight is 382 g/mol. The Labute approximate surface area is 171 Å². The molecule has 2 heteroatoms. The number of rotatable bonds is 6. The van der Waals surface area contributed by atoms with Crippen LogP contribution in [0.1, 0.15) is 83.6 Å². The molecule has 0 aliphatic carbocycles. The van der Waals surface area contributed by atoms with Gasteiger partial charge in [0.1, 0.15) is 11.5 Å². The van der Waals surface area contributed by atoms with Gasteiger partial charge in [-0.1, -0.05) is 67.0 Å². The summed E-state index contributed by atoms with van der Waals surface area (Å²) in [4.78, 5) is 0. The number of aromatic hydroxyl groups is 2. The minimum absolute atomic E-state index is 0.0134. The van der Waals surface area contributed by atoms with Gasteiger partial charge in [-0.2, -0.15) is 0 Å². The molecule has 0 aliphatic heterocycles. The van der Waals surface area contributed by atoms with E-state index in [-0.39, 0.29) is 10.8 Å². The Morgan fingerprint density at radius 1 is 0.714 bits per heavy atom. The van der Waals surface area contributed by atoms with E-state index in [1.54, 1.807) is 12.1 Å². The van der Waals surface area contributed by atoms with Crippen LogP contribution in [0.15, 0.2) is 36.4 Å². The highest BCUT2D eigenvalue weighted by molar-refractivity contribution is 5.43. The van der Waals surface area contributed by atoms with Gasteiger partial charge in [-0.3, -0.25) is 0 Å². The van der Waals surface area contributed by atoms with Gasteiger partial charge in [-0.25, -0.2) is 0 Å². The Hall–Kier alpha value is -1.96. The molecule has 2 rings (SSSR count). The third-order valence-corrected chi connectivity index (χ3v) is 5.29. The van der Waals surface area contributed by atoms with E-state index in [1.807, 2.05) is 12.1 Å². The summed E-state index contributed by atoms with van der Waals surface area (Å²) in [6.45, 7) is 15.4. The Balaban J connectivity index is 2.37. The van der Waals surface area contributed by atoms with Gasteiger partial charge in [-0.15, -0.1) is 0 Å². The molecule has 0 heterocycles. The second-order valence-electron chi connectivity index (χ2n) is 10.0. The monoisotopic (exact) mass is 381 g/mol. The lowest BCUT2D eigenvalue weighted by Crippen LogP contribution is -2.18. The second-order valence-corrected chi connectivity index (χ2v) is 10.0. The average Bonchev–Trinajstić information content (AvgIpc) is 2.56. The van der Waals surface area contributed by atoms with E-state index < -0.39 is 0 Å². The van der Waals surface area contributed by atoms with Crippen molar-refractivity contribution in [3.63, 3.8) is 0 Å². The van der Waals surface area contributed by atoms with Gasteiger partial charge in [-0.05, 0) is 82.5 Å². The van der Waals surface area contributed by atoms with Crippen LogP contribution in [0.5, 0.6) is 11.5 Å². The highest BCUT2D eigenvalue weighted by Crippen LogP contribution is 2.35. The lowest BCUT2D eigenvalue weighted by Gasteiger charge is -2.28. The summed E-state index contributed by atoms with van der Waals surface area (Å²) in [5, 5.41) is 20.0. The third kappa shape index (κ3) is 5.77. The van der Waals surface area contributed by atoms with Crippen molar-refractivity contribution in [2.24, 2.45) is 0 Å². The number of benzene rings is 2. The summed E-state index contributed by atoms with van der Waals surface area (Å²) in [5.74, 6) is 2.16. The summed E-state index contributed by atoms with van der Waals surface area (Å²) in [6.07, 6.45) is 4.03. The summed E-state index contributed by atoms with van der Waals surface area (Å²) in [6, 6.07) is 11.6. The molecule has 0 saturated heterocycles. The molecule has 0 atom stereocenters. The van der Waals surface area contributed by atoms with Crippen LogP contribution in [0.3, 0.4) is 0 Å². The summed E-state index contributed by atoms with van der Waals surface area (Å²) in [5.41, 5.74) is 4.99. The molecular weight excluding hydrogens is 344 g/mol. The topological polar surface area (TPSA) is 40.5 Å². The van der Waals surface area contributed by atoms with Gasteiger partial charge in [0.2, 0.25) is 0 Å². The summed E-state index contributed by atoms with van der Waals surface area (Å²) < 4.78 is 0. The fraction of sp³-hybridized carbons (Fsp3) is 0.500. The smallest absolute Gasteiger partial charge is 0.115 e. The van der Waals surface area contributed by atoms with Crippen LogP contribution in [0, 0.1) is 5.92 Å². The quantitative estimate of drug-likeness (QED) is 0.574. The van der Waals surface area contributed by atoms with Crippen molar-refractivity contribution >= 4 is 0 Å². The van der Waals surface area contributed by atoms with Crippen LogP contribution < -0.4 is 0 Å². The Kier molecular flexibility index (Phi) is 6.85. The second kappa shape index (κ2) is 8.59. The van der Waals surface area contributed by atoms with Gasteiger partial charge < -0.3 is 10.2 Å². The highest BCUT2D eigenvalue weighted by atomic mass is 16.3. The molecule has 153 valence electrons. The minimum atomic E-state index is -0.0134. The number of phenols is 2. The maximum Gasteiger partial charge on any atom is 0.115 e. The molecule has 2 aromatic carbocycles. The van der Waals surface area contributed by atoms with E-state index in [4.69, 9.17) is 0 Å². The molecule has 0 spiro atoms. The molecule has 0 saturated carbocycles. The van der Waals surface area contributed by atoms with Crippen LogP contribution in [0.4, 0.5) is 0 Å². The zero-order chi connectivity index (χ0) is 21.1.